The fourth-order valence-electron chi connectivity index (χ4n) is 1.45. The van der Waals surface area contributed by atoms with Gasteiger partial charge >= 0.3 is 0 Å². The van der Waals surface area contributed by atoms with Gasteiger partial charge in [0.1, 0.15) is 0 Å². The Hall–Kier alpha value is -2.10. The van der Waals surface area contributed by atoms with Gasteiger partial charge in [-0.15, -0.1) is 0 Å². The van der Waals surface area contributed by atoms with Crippen molar-refractivity contribution >= 4 is 22.7 Å². The summed E-state index contributed by atoms with van der Waals surface area (Å²) < 4.78 is 0. The minimum Gasteiger partial charge on any atom is -0.361 e. The van der Waals surface area contributed by atoms with Crippen LogP contribution in [0.2, 0.25) is 0 Å². The molecule has 2 rings (SSSR count). The molecule has 14 heavy (non-hydrogen) atoms. The molecule has 2 aromatic rings. The summed E-state index contributed by atoms with van der Waals surface area (Å²) >= 11 is 0. The van der Waals surface area contributed by atoms with Crippen molar-refractivity contribution in [1.82, 2.24) is 4.98 Å². The third-order valence-corrected chi connectivity index (χ3v) is 2.11. The van der Waals surface area contributed by atoms with Gasteiger partial charge in [-0.2, -0.15) is 0 Å². The molecule has 1 aromatic carbocycles. The van der Waals surface area contributed by atoms with Gasteiger partial charge in [-0.25, -0.2) is 0 Å². The number of nitro benzene ring substituents is 1. The topological polar surface area (TPSA) is 58.9 Å². The van der Waals surface area contributed by atoms with Crippen molar-refractivity contribution in [2.75, 3.05) is 0 Å². The Morgan fingerprint density at radius 1 is 1.50 bits per heavy atom. The van der Waals surface area contributed by atoms with Crippen LogP contribution in [0.4, 0.5) is 5.69 Å². The van der Waals surface area contributed by atoms with E-state index >= 15 is 0 Å². The van der Waals surface area contributed by atoms with Crippen molar-refractivity contribution in [2.45, 2.75) is 0 Å². The number of non-ortho nitro benzene ring substituents is 1. The number of hydrogen-bond donors (Lipinski definition) is 1. The lowest BCUT2D eigenvalue weighted by Crippen LogP contribution is -1.88. The molecule has 0 aliphatic rings. The minimum absolute atomic E-state index is 0.0898. The number of H-pyrrole nitrogens is 1. The highest BCUT2D eigenvalue weighted by Crippen LogP contribution is 2.24. The summed E-state index contributed by atoms with van der Waals surface area (Å²) in [6.07, 6.45) is 3.35. The van der Waals surface area contributed by atoms with Gasteiger partial charge in [-0.3, -0.25) is 10.1 Å². The van der Waals surface area contributed by atoms with Crippen molar-refractivity contribution in [3.63, 3.8) is 0 Å². The predicted molar refractivity (Wildman–Crippen MR) is 55.0 cm³/mol. The summed E-state index contributed by atoms with van der Waals surface area (Å²) in [4.78, 5) is 13.2. The quantitative estimate of drug-likeness (QED) is 0.581. The van der Waals surface area contributed by atoms with Crippen molar-refractivity contribution in [2.24, 2.45) is 0 Å². The van der Waals surface area contributed by atoms with Crippen LogP contribution >= 0.6 is 0 Å². The number of aromatic amines is 1. The van der Waals surface area contributed by atoms with E-state index in [9.17, 15) is 10.1 Å². The normalized spacial score (nSPS) is 10.3. The van der Waals surface area contributed by atoms with Gasteiger partial charge in [0, 0.05) is 29.3 Å². The second-order valence-corrected chi connectivity index (χ2v) is 2.94. The van der Waals surface area contributed by atoms with E-state index < -0.39 is 4.92 Å². The molecule has 1 heterocycles. The molecule has 0 aliphatic carbocycles. The van der Waals surface area contributed by atoms with E-state index in [1.54, 1.807) is 24.4 Å². The van der Waals surface area contributed by atoms with Crippen LogP contribution < -0.4 is 0 Å². The Bertz CT molecular complexity index is 514. The Balaban J connectivity index is 2.79. The predicted octanol–water partition coefficient (Wildman–Crippen LogP) is 2.72. The van der Waals surface area contributed by atoms with E-state index in [1.165, 1.54) is 6.07 Å². The third-order valence-electron chi connectivity index (χ3n) is 2.11. The number of nitro groups is 1. The molecular formula is C10H8N2O2. The number of benzene rings is 1. The molecule has 1 N–H and O–H groups in total. The second-order valence-electron chi connectivity index (χ2n) is 2.94. The average molecular weight is 188 g/mol. The first kappa shape index (κ1) is 8.50. The fourth-order valence-corrected chi connectivity index (χ4v) is 1.45. The molecule has 0 saturated carbocycles. The van der Waals surface area contributed by atoms with Gasteiger partial charge in [-0.1, -0.05) is 12.7 Å². The highest BCUT2D eigenvalue weighted by molar-refractivity contribution is 5.89. The van der Waals surface area contributed by atoms with Gasteiger partial charge in [0.25, 0.3) is 5.69 Å². The molecule has 1 aromatic heterocycles. The van der Waals surface area contributed by atoms with Crippen LogP contribution in [0.15, 0.2) is 31.0 Å². The standard InChI is InChI=1S/C10H8N2O2/c1-2-7-5-9(12(13)14)6-8-3-4-11-10(7)8/h2-6,11H,1H2. The first-order chi connectivity index (χ1) is 6.72. The van der Waals surface area contributed by atoms with E-state index in [4.69, 9.17) is 0 Å². The maximum Gasteiger partial charge on any atom is 0.270 e. The van der Waals surface area contributed by atoms with E-state index in [0.717, 1.165) is 16.5 Å². The molecule has 0 aliphatic heterocycles. The highest BCUT2D eigenvalue weighted by Gasteiger charge is 2.09. The third kappa shape index (κ3) is 1.17. The number of fused-ring (bicyclic) bond motifs is 1. The van der Waals surface area contributed by atoms with Crippen molar-refractivity contribution in [3.05, 3.63) is 46.7 Å². The van der Waals surface area contributed by atoms with Crippen LogP contribution in [0.1, 0.15) is 5.56 Å². The Morgan fingerprint density at radius 2 is 2.29 bits per heavy atom. The highest BCUT2D eigenvalue weighted by atomic mass is 16.6. The van der Waals surface area contributed by atoms with Gasteiger partial charge in [-0.05, 0) is 6.07 Å². The Labute approximate surface area is 80.0 Å². The number of aromatic nitrogens is 1. The average Bonchev–Trinajstić information content (AvgIpc) is 2.63. The van der Waals surface area contributed by atoms with Crippen LogP contribution in [0, 0.1) is 10.1 Å². The van der Waals surface area contributed by atoms with Gasteiger partial charge in [0.15, 0.2) is 0 Å². The van der Waals surface area contributed by atoms with Crippen LogP contribution in [-0.2, 0) is 0 Å². The second kappa shape index (κ2) is 2.99. The molecule has 70 valence electrons. The van der Waals surface area contributed by atoms with Gasteiger partial charge in [0.2, 0.25) is 0 Å². The lowest BCUT2D eigenvalue weighted by atomic mass is 10.1. The Morgan fingerprint density at radius 3 is 2.93 bits per heavy atom. The van der Waals surface area contributed by atoms with Crippen LogP contribution in [-0.4, -0.2) is 9.91 Å². The number of nitrogens with one attached hydrogen (secondary N) is 1. The zero-order valence-corrected chi connectivity index (χ0v) is 7.36. The monoisotopic (exact) mass is 188 g/mol. The minimum atomic E-state index is -0.403. The van der Waals surface area contributed by atoms with Crippen molar-refractivity contribution < 1.29 is 4.92 Å². The zero-order chi connectivity index (χ0) is 10.1. The summed E-state index contributed by atoms with van der Waals surface area (Å²) in [6.45, 7) is 3.62. The molecule has 0 bridgehead atoms. The largest absolute Gasteiger partial charge is 0.361 e. The van der Waals surface area contributed by atoms with Crippen LogP contribution in [0.5, 0.6) is 0 Å². The molecule has 0 spiro atoms. The van der Waals surface area contributed by atoms with Crippen LogP contribution in [0.3, 0.4) is 0 Å². The molecule has 0 unspecified atom stereocenters. The lowest BCUT2D eigenvalue weighted by Gasteiger charge is -1.97. The smallest absolute Gasteiger partial charge is 0.270 e. The number of hydrogen-bond acceptors (Lipinski definition) is 2. The lowest BCUT2D eigenvalue weighted by molar-refractivity contribution is -0.384. The van der Waals surface area contributed by atoms with E-state index in [-0.39, 0.29) is 5.69 Å². The fraction of sp³-hybridized carbons (Fsp3) is 0. The molecule has 0 fully saturated rings. The van der Waals surface area contributed by atoms with Gasteiger partial charge in [0.05, 0.1) is 10.4 Å². The molecule has 0 radical (unpaired) electrons. The van der Waals surface area contributed by atoms with Gasteiger partial charge < -0.3 is 4.98 Å². The van der Waals surface area contributed by atoms with Crippen molar-refractivity contribution in [3.8, 4) is 0 Å². The summed E-state index contributed by atoms with van der Waals surface area (Å²) in [6, 6.07) is 4.85. The first-order valence-electron chi connectivity index (χ1n) is 4.10. The molecule has 0 atom stereocenters. The van der Waals surface area contributed by atoms with Crippen molar-refractivity contribution in [1.29, 1.82) is 0 Å². The summed E-state index contributed by atoms with van der Waals surface area (Å²) in [5.41, 5.74) is 1.72. The summed E-state index contributed by atoms with van der Waals surface area (Å²) in [7, 11) is 0. The number of rotatable bonds is 2. The maximum atomic E-state index is 10.6. The molecule has 4 nitrogen and oxygen atoms in total. The van der Waals surface area contributed by atoms with E-state index in [1.807, 2.05) is 0 Å². The molecule has 0 amide bonds. The maximum absolute atomic E-state index is 10.6. The first-order valence-corrected chi connectivity index (χ1v) is 4.10. The SMILES string of the molecule is C=Cc1cc([N+](=O)[O-])cc2cc[nH]c12. The van der Waals surface area contributed by atoms with E-state index in [0.29, 0.717) is 0 Å². The van der Waals surface area contributed by atoms with E-state index in [2.05, 4.69) is 11.6 Å². The molecule has 4 heteroatoms. The molecule has 0 saturated heterocycles. The Kier molecular flexibility index (Phi) is 1.81. The molecular weight excluding hydrogens is 180 g/mol. The summed E-state index contributed by atoms with van der Waals surface area (Å²) in [5, 5.41) is 11.4. The summed E-state index contributed by atoms with van der Waals surface area (Å²) in [5.74, 6) is 0. The number of nitrogens with zero attached hydrogens (tertiary/aromatic N) is 1. The zero-order valence-electron chi connectivity index (χ0n) is 7.36. The van der Waals surface area contributed by atoms with Crippen LogP contribution in [0.25, 0.3) is 17.0 Å².